The first kappa shape index (κ1) is 23.4. The Balaban J connectivity index is 1.66. The summed E-state index contributed by atoms with van der Waals surface area (Å²) in [5.41, 5.74) is 2.65. The number of nitrogens with one attached hydrogen (secondary N) is 1. The van der Waals surface area contributed by atoms with Crippen molar-refractivity contribution >= 4 is 11.6 Å². The third-order valence-electron chi connectivity index (χ3n) is 5.54. The molecule has 2 aromatic heterocycles. The number of hydrogen-bond donors (Lipinski definition) is 1. The van der Waals surface area contributed by atoms with Gasteiger partial charge in [-0.15, -0.1) is 0 Å². The zero-order chi connectivity index (χ0) is 20.6. The summed E-state index contributed by atoms with van der Waals surface area (Å²) < 4.78 is 0. The molecule has 0 saturated heterocycles. The molecule has 0 aliphatic rings. The molecule has 2 heterocycles. The molecule has 0 aliphatic heterocycles. The average molecular weight is 396 g/mol. The van der Waals surface area contributed by atoms with Crippen molar-refractivity contribution in [2.75, 3.05) is 5.32 Å². The highest BCUT2D eigenvalue weighted by atomic mass is 15.0. The average Bonchev–Trinajstić information content (AvgIpc) is 2.75. The molecular formula is C26H41N3. The van der Waals surface area contributed by atoms with Gasteiger partial charge in [0.25, 0.3) is 0 Å². The Morgan fingerprint density at radius 1 is 0.552 bits per heavy atom. The summed E-state index contributed by atoms with van der Waals surface area (Å²) in [5.74, 6) is 1.74. The largest absolute Gasteiger partial charge is 0.325 e. The van der Waals surface area contributed by atoms with Crippen LogP contribution in [0.25, 0.3) is 0 Å². The number of hydrogen-bond acceptors (Lipinski definition) is 3. The Morgan fingerprint density at radius 2 is 0.966 bits per heavy atom. The molecular weight excluding hydrogens is 354 g/mol. The van der Waals surface area contributed by atoms with Gasteiger partial charge in [0.2, 0.25) is 0 Å². The summed E-state index contributed by atoms with van der Waals surface area (Å²) in [7, 11) is 0. The molecule has 0 aromatic carbocycles. The van der Waals surface area contributed by atoms with Crippen LogP contribution < -0.4 is 5.32 Å². The number of nitrogens with zero attached hydrogens (tertiary/aromatic N) is 2. The molecule has 3 nitrogen and oxygen atoms in total. The van der Waals surface area contributed by atoms with E-state index < -0.39 is 0 Å². The van der Waals surface area contributed by atoms with Crippen molar-refractivity contribution in [3.63, 3.8) is 0 Å². The monoisotopic (exact) mass is 395 g/mol. The highest BCUT2D eigenvalue weighted by Crippen LogP contribution is 2.16. The number of rotatable bonds is 16. The fraction of sp³-hybridized carbons (Fsp3) is 0.615. The molecule has 160 valence electrons. The van der Waals surface area contributed by atoms with Gasteiger partial charge >= 0.3 is 0 Å². The van der Waals surface area contributed by atoms with Gasteiger partial charge in [-0.05, 0) is 48.9 Å². The van der Waals surface area contributed by atoms with Gasteiger partial charge in [0.1, 0.15) is 11.6 Å². The quantitative estimate of drug-likeness (QED) is 0.292. The first-order chi connectivity index (χ1) is 14.3. The van der Waals surface area contributed by atoms with Crippen LogP contribution in [0.15, 0.2) is 36.7 Å². The zero-order valence-electron chi connectivity index (χ0n) is 18.8. The molecule has 3 heteroatoms. The third kappa shape index (κ3) is 10.4. The van der Waals surface area contributed by atoms with Crippen LogP contribution in [0.3, 0.4) is 0 Å². The van der Waals surface area contributed by atoms with Crippen molar-refractivity contribution in [2.45, 2.75) is 104 Å². The van der Waals surface area contributed by atoms with Gasteiger partial charge in [-0.2, -0.15) is 0 Å². The Bertz CT molecular complexity index is 577. The summed E-state index contributed by atoms with van der Waals surface area (Å²) in [5, 5.41) is 3.32. The summed E-state index contributed by atoms with van der Waals surface area (Å²) in [4.78, 5) is 9.12. The van der Waals surface area contributed by atoms with E-state index >= 15 is 0 Å². The van der Waals surface area contributed by atoms with Crippen molar-refractivity contribution in [1.29, 1.82) is 0 Å². The lowest BCUT2D eigenvalue weighted by molar-refractivity contribution is 0.607. The van der Waals surface area contributed by atoms with E-state index in [4.69, 9.17) is 0 Å². The minimum atomic E-state index is 0.868. The van der Waals surface area contributed by atoms with E-state index in [0.29, 0.717) is 0 Å². The van der Waals surface area contributed by atoms with Gasteiger partial charge in [0.15, 0.2) is 0 Å². The second-order valence-electron chi connectivity index (χ2n) is 8.26. The zero-order valence-corrected chi connectivity index (χ0v) is 18.8. The van der Waals surface area contributed by atoms with Crippen LogP contribution in [0.4, 0.5) is 11.6 Å². The summed E-state index contributed by atoms with van der Waals surface area (Å²) >= 11 is 0. The highest BCUT2D eigenvalue weighted by molar-refractivity contribution is 5.51. The van der Waals surface area contributed by atoms with Gasteiger partial charge < -0.3 is 5.32 Å². The van der Waals surface area contributed by atoms with E-state index in [0.717, 1.165) is 24.5 Å². The molecule has 1 N–H and O–H groups in total. The van der Waals surface area contributed by atoms with Crippen molar-refractivity contribution in [1.82, 2.24) is 9.97 Å². The lowest BCUT2D eigenvalue weighted by Crippen LogP contribution is -1.97. The van der Waals surface area contributed by atoms with E-state index in [2.05, 4.69) is 53.4 Å². The number of aryl methyl sites for hydroxylation is 2. The predicted molar refractivity (Wildman–Crippen MR) is 126 cm³/mol. The molecule has 2 aromatic rings. The van der Waals surface area contributed by atoms with Crippen LogP contribution in [0, 0.1) is 0 Å². The summed E-state index contributed by atoms with van der Waals surface area (Å²) in [6.45, 7) is 4.53. The molecule has 0 radical (unpaired) electrons. The van der Waals surface area contributed by atoms with Crippen LogP contribution >= 0.6 is 0 Å². The molecule has 2 rings (SSSR count). The predicted octanol–water partition coefficient (Wildman–Crippen LogP) is 8.03. The molecule has 0 saturated carbocycles. The summed E-state index contributed by atoms with van der Waals surface area (Å²) in [6, 6.07) is 8.51. The van der Waals surface area contributed by atoms with Crippen LogP contribution in [-0.2, 0) is 12.8 Å². The molecule has 0 amide bonds. The fourth-order valence-corrected chi connectivity index (χ4v) is 3.64. The topological polar surface area (TPSA) is 37.8 Å². The van der Waals surface area contributed by atoms with Crippen molar-refractivity contribution in [2.24, 2.45) is 0 Å². The molecule has 0 atom stereocenters. The van der Waals surface area contributed by atoms with Crippen LogP contribution in [-0.4, -0.2) is 9.97 Å². The molecule has 0 spiro atoms. The maximum Gasteiger partial charge on any atom is 0.131 e. The number of anilines is 2. The van der Waals surface area contributed by atoms with E-state index in [9.17, 15) is 0 Å². The van der Waals surface area contributed by atoms with Crippen molar-refractivity contribution in [3.05, 3.63) is 47.8 Å². The van der Waals surface area contributed by atoms with Gasteiger partial charge in [-0.1, -0.05) is 90.2 Å². The van der Waals surface area contributed by atoms with Crippen LogP contribution in [0.5, 0.6) is 0 Å². The molecule has 29 heavy (non-hydrogen) atoms. The molecule has 0 fully saturated rings. The van der Waals surface area contributed by atoms with Crippen molar-refractivity contribution in [3.8, 4) is 0 Å². The van der Waals surface area contributed by atoms with Gasteiger partial charge in [-0.25, -0.2) is 9.97 Å². The van der Waals surface area contributed by atoms with E-state index in [1.807, 2.05) is 12.4 Å². The molecule has 0 aliphatic carbocycles. The van der Waals surface area contributed by atoms with Crippen molar-refractivity contribution < 1.29 is 0 Å². The van der Waals surface area contributed by atoms with Gasteiger partial charge in [0, 0.05) is 12.4 Å². The maximum atomic E-state index is 4.56. The maximum absolute atomic E-state index is 4.56. The first-order valence-corrected chi connectivity index (χ1v) is 12.0. The number of pyridine rings is 2. The van der Waals surface area contributed by atoms with E-state index in [1.54, 1.807) is 0 Å². The van der Waals surface area contributed by atoms with Crippen LogP contribution in [0.1, 0.15) is 102 Å². The fourth-order valence-electron chi connectivity index (χ4n) is 3.64. The Labute approximate surface area is 178 Å². The lowest BCUT2D eigenvalue weighted by atomic mass is 10.1. The number of aromatic nitrogens is 2. The SMILES string of the molecule is CCCCCCCCc1ccc(Nc2ccc(CCCCCCCC)cn2)nc1. The normalized spacial score (nSPS) is 11.0. The first-order valence-electron chi connectivity index (χ1n) is 12.0. The minimum Gasteiger partial charge on any atom is -0.325 e. The molecule has 0 unspecified atom stereocenters. The van der Waals surface area contributed by atoms with Crippen LogP contribution in [0.2, 0.25) is 0 Å². The third-order valence-corrected chi connectivity index (χ3v) is 5.54. The van der Waals surface area contributed by atoms with E-state index in [-0.39, 0.29) is 0 Å². The van der Waals surface area contributed by atoms with Gasteiger partial charge in [-0.3, -0.25) is 0 Å². The lowest BCUT2D eigenvalue weighted by Gasteiger charge is -2.07. The Kier molecular flexibility index (Phi) is 12.1. The van der Waals surface area contributed by atoms with E-state index in [1.165, 1.54) is 88.2 Å². The van der Waals surface area contributed by atoms with Gasteiger partial charge in [0.05, 0.1) is 0 Å². The smallest absolute Gasteiger partial charge is 0.131 e. The standard InChI is InChI=1S/C26H41N3/c1-3-5-7-9-11-13-15-23-17-19-25(27-21-23)29-26-20-18-24(22-28-26)16-14-12-10-8-6-4-2/h17-22H,3-16H2,1-2H3,(H,27,28,29). The Hall–Kier alpha value is -1.90. The minimum absolute atomic E-state index is 0.868. The highest BCUT2D eigenvalue weighted by Gasteiger charge is 2.01. The second kappa shape index (κ2) is 15.0. The number of unbranched alkanes of at least 4 members (excludes halogenated alkanes) is 10. The molecule has 0 bridgehead atoms. The Morgan fingerprint density at radius 3 is 1.34 bits per heavy atom. The second-order valence-corrected chi connectivity index (χ2v) is 8.26. The summed E-state index contributed by atoms with van der Waals surface area (Å²) in [6.07, 6.45) is 22.3.